The topological polar surface area (TPSA) is 47.0 Å². The summed E-state index contributed by atoms with van der Waals surface area (Å²) < 4.78 is 42.8. The molecule has 0 aliphatic carbocycles. The second-order valence-corrected chi connectivity index (χ2v) is 5.04. The molecule has 0 amide bonds. The van der Waals surface area contributed by atoms with Crippen molar-refractivity contribution >= 4 is 5.95 Å². The zero-order valence-electron chi connectivity index (χ0n) is 10.6. The summed E-state index contributed by atoms with van der Waals surface area (Å²) in [4.78, 5) is 7.30. The van der Waals surface area contributed by atoms with Crippen molar-refractivity contribution in [1.29, 1.82) is 0 Å². The Labute approximate surface area is 109 Å². The minimum absolute atomic E-state index is 0.00977. The molecular weight excluding hydrogens is 259 g/mol. The number of hydrogen-bond donors (Lipinski definition) is 1. The largest absolute Gasteiger partial charge is 0.433 e. The molecule has 1 aliphatic rings. The van der Waals surface area contributed by atoms with Crippen molar-refractivity contribution in [2.75, 3.05) is 25.1 Å². The van der Waals surface area contributed by atoms with Crippen LogP contribution in [0.2, 0.25) is 0 Å². The van der Waals surface area contributed by atoms with Crippen molar-refractivity contribution in [3.05, 3.63) is 18.0 Å². The summed E-state index contributed by atoms with van der Waals surface area (Å²) in [5.74, 6) is 0.0162. The zero-order valence-corrected chi connectivity index (χ0v) is 10.6. The Balaban J connectivity index is 1.99. The van der Waals surface area contributed by atoms with E-state index in [1.165, 1.54) is 0 Å². The van der Waals surface area contributed by atoms with Gasteiger partial charge in [-0.2, -0.15) is 13.2 Å². The lowest BCUT2D eigenvalue weighted by Gasteiger charge is -2.33. The van der Waals surface area contributed by atoms with Crippen molar-refractivity contribution in [3.8, 4) is 0 Å². The third kappa shape index (κ3) is 3.79. The van der Waals surface area contributed by atoms with Crippen LogP contribution < -0.4 is 5.32 Å². The molecule has 0 atom stereocenters. The molecule has 0 saturated carbocycles. The Morgan fingerprint density at radius 1 is 1.37 bits per heavy atom. The lowest BCUT2D eigenvalue weighted by atomic mass is 9.82. The van der Waals surface area contributed by atoms with Crippen LogP contribution in [0.15, 0.2) is 12.3 Å². The summed E-state index contributed by atoms with van der Waals surface area (Å²) in [6, 6.07) is 0.862. The van der Waals surface area contributed by atoms with Crippen molar-refractivity contribution in [2.45, 2.75) is 25.9 Å². The van der Waals surface area contributed by atoms with Gasteiger partial charge in [0.2, 0.25) is 5.95 Å². The van der Waals surface area contributed by atoms with E-state index in [-0.39, 0.29) is 11.4 Å². The Kier molecular flexibility index (Phi) is 3.93. The summed E-state index contributed by atoms with van der Waals surface area (Å²) >= 11 is 0. The summed E-state index contributed by atoms with van der Waals surface area (Å²) in [7, 11) is 0. The molecule has 1 fully saturated rings. The maximum absolute atomic E-state index is 12.5. The summed E-state index contributed by atoms with van der Waals surface area (Å²) in [6.45, 7) is 3.98. The van der Waals surface area contributed by atoms with Crippen molar-refractivity contribution < 1.29 is 17.9 Å². The van der Waals surface area contributed by atoms with Gasteiger partial charge in [0.25, 0.3) is 0 Å². The highest BCUT2D eigenvalue weighted by molar-refractivity contribution is 5.26. The number of nitrogens with one attached hydrogen (secondary N) is 1. The normalized spacial score (nSPS) is 19.2. The second-order valence-electron chi connectivity index (χ2n) is 5.04. The molecule has 1 N–H and O–H groups in total. The van der Waals surface area contributed by atoms with Gasteiger partial charge in [-0.25, -0.2) is 9.97 Å². The van der Waals surface area contributed by atoms with E-state index in [0.29, 0.717) is 19.8 Å². The van der Waals surface area contributed by atoms with Crippen LogP contribution in [0, 0.1) is 5.41 Å². The summed E-state index contributed by atoms with van der Waals surface area (Å²) in [5, 5.41) is 2.89. The van der Waals surface area contributed by atoms with Crippen molar-refractivity contribution in [1.82, 2.24) is 9.97 Å². The minimum atomic E-state index is -4.44. The number of hydrogen-bond acceptors (Lipinski definition) is 4. The molecule has 0 spiro atoms. The van der Waals surface area contributed by atoms with Crippen LogP contribution in [0.25, 0.3) is 0 Å². The highest BCUT2D eigenvalue weighted by Crippen LogP contribution is 2.30. The van der Waals surface area contributed by atoms with Gasteiger partial charge in [0.1, 0.15) is 5.69 Å². The first kappa shape index (κ1) is 14.0. The third-order valence-electron chi connectivity index (χ3n) is 3.32. The fraction of sp³-hybridized carbons (Fsp3) is 0.667. The minimum Gasteiger partial charge on any atom is -0.381 e. The van der Waals surface area contributed by atoms with Crippen molar-refractivity contribution in [3.63, 3.8) is 0 Å². The lowest BCUT2D eigenvalue weighted by Crippen LogP contribution is -2.33. The molecule has 2 heterocycles. The van der Waals surface area contributed by atoms with Gasteiger partial charge in [-0.3, -0.25) is 0 Å². The summed E-state index contributed by atoms with van der Waals surface area (Å²) in [6.07, 6.45) is -1.58. The van der Waals surface area contributed by atoms with Gasteiger partial charge in [-0.1, -0.05) is 6.92 Å². The summed E-state index contributed by atoms with van der Waals surface area (Å²) in [5.41, 5.74) is -0.919. The van der Waals surface area contributed by atoms with E-state index in [9.17, 15) is 13.2 Å². The Morgan fingerprint density at radius 3 is 2.68 bits per heavy atom. The monoisotopic (exact) mass is 275 g/mol. The molecule has 0 aromatic carbocycles. The number of alkyl halides is 3. The van der Waals surface area contributed by atoms with Gasteiger partial charge in [-0.05, 0) is 24.3 Å². The first-order chi connectivity index (χ1) is 8.89. The predicted octanol–water partition coefficient (Wildman–Crippen LogP) is 2.72. The number of halogens is 3. The molecule has 1 saturated heterocycles. The lowest BCUT2D eigenvalue weighted by molar-refractivity contribution is -0.141. The first-order valence-corrected chi connectivity index (χ1v) is 6.11. The fourth-order valence-corrected chi connectivity index (χ4v) is 1.94. The number of ether oxygens (including phenoxy) is 1. The standard InChI is InChI=1S/C12H16F3N3O/c1-11(3-6-19-7-4-11)8-17-10-16-5-2-9(18-10)12(13,14)15/h2,5H,3-4,6-8H2,1H3,(H,16,17,18). The Hall–Kier alpha value is -1.37. The smallest absolute Gasteiger partial charge is 0.381 e. The number of aromatic nitrogens is 2. The van der Waals surface area contributed by atoms with Gasteiger partial charge in [0.05, 0.1) is 0 Å². The number of rotatable bonds is 3. The molecule has 1 aromatic rings. The van der Waals surface area contributed by atoms with E-state index in [4.69, 9.17) is 4.74 Å². The molecule has 4 nitrogen and oxygen atoms in total. The molecule has 1 aromatic heterocycles. The molecule has 0 radical (unpaired) electrons. The zero-order chi connectivity index (χ0) is 13.9. The van der Waals surface area contributed by atoms with Gasteiger partial charge in [0, 0.05) is 26.0 Å². The molecule has 2 rings (SSSR count). The Morgan fingerprint density at radius 2 is 2.05 bits per heavy atom. The molecule has 19 heavy (non-hydrogen) atoms. The Bertz CT molecular complexity index is 430. The van der Waals surface area contributed by atoms with Gasteiger partial charge in [0.15, 0.2) is 0 Å². The molecule has 7 heteroatoms. The SMILES string of the molecule is CC1(CNc2nccc(C(F)(F)F)n2)CCOCC1. The average molecular weight is 275 g/mol. The predicted molar refractivity (Wildman–Crippen MR) is 63.7 cm³/mol. The second kappa shape index (κ2) is 5.32. The highest BCUT2D eigenvalue weighted by Gasteiger charge is 2.33. The maximum atomic E-state index is 12.5. The quantitative estimate of drug-likeness (QED) is 0.921. The van der Waals surface area contributed by atoms with E-state index >= 15 is 0 Å². The van der Waals surface area contributed by atoms with Crippen LogP contribution >= 0.6 is 0 Å². The van der Waals surface area contributed by atoms with E-state index in [1.807, 2.05) is 0 Å². The average Bonchev–Trinajstić information content (AvgIpc) is 2.37. The molecule has 0 bridgehead atoms. The van der Waals surface area contributed by atoms with Gasteiger partial charge in [-0.15, -0.1) is 0 Å². The van der Waals surface area contributed by atoms with Crippen LogP contribution in [0.1, 0.15) is 25.5 Å². The van der Waals surface area contributed by atoms with E-state index < -0.39 is 11.9 Å². The van der Waals surface area contributed by atoms with Gasteiger partial charge >= 0.3 is 6.18 Å². The highest BCUT2D eigenvalue weighted by atomic mass is 19.4. The number of anilines is 1. The van der Waals surface area contributed by atoms with Gasteiger partial charge < -0.3 is 10.1 Å². The van der Waals surface area contributed by atoms with E-state index in [0.717, 1.165) is 25.1 Å². The van der Waals surface area contributed by atoms with Crippen LogP contribution in [0.3, 0.4) is 0 Å². The van der Waals surface area contributed by atoms with E-state index in [1.54, 1.807) is 0 Å². The first-order valence-electron chi connectivity index (χ1n) is 6.11. The van der Waals surface area contributed by atoms with Crippen molar-refractivity contribution in [2.24, 2.45) is 5.41 Å². The number of nitrogens with zero attached hydrogens (tertiary/aromatic N) is 2. The van der Waals surface area contributed by atoms with E-state index in [2.05, 4.69) is 22.2 Å². The maximum Gasteiger partial charge on any atom is 0.433 e. The third-order valence-corrected chi connectivity index (χ3v) is 3.32. The molecule has 1 aliphatic heterocycles. The molecular formula is C12H16F3N3O. The molecule has 0 unspecified atom stereocenters. The van der Waals surface area contributed by atoms with Crippen LogP contribution in [0.5, 0.6) is 0 Å². The molecule has 106 valence electrons. The van der Waals surface area contributed by atoms with Crippen LogP contribution in [-0.2, 0) is 10.9 Å². The fourth-order valence-electron chi connectivity index (χ4n) is 1.94. The van der Waals surface area contributed by atoms with Crippen LogP contribution in [0.4, 0.5) is 19.1 Å². The van der Waals surface area contributed by atoms with Crippen LogP contribution in [-0.4, -0.2) is 29.7 Å².